The molecule has 0 amide bonds. The van der Waals surface area contributed by atoms with Crippen LogP contribution < -0.4 is 29.4 Å². The summed E-state index contributed by atoms with van der Waals surface area (Å²) < 4.78 is 37.1. The summed E-state index contributed by atoms with van der Waals surface area (Å²) in [6.45, 7) is 2.38. The van der Waals surface area contributed by atoms with Crippen LogP contribution in [0.1, 0.15) is 56.6 Å². The Bertz CT molecular complexity index is 946. The molecular formula is C26H38NO8P+. The Balaban J connectivity index is 2.15. The van der Waals surface area contributed by atoms with Gasteiger partial charge in [-0.2, -0.15) is 5.90 Å². The molecule has 2 N–H and O–H groups in total. The predicted octanol–water partition coefficient (Wildman–Crippen LogP) is 6.65. The zero-order chi connectivity index (χ0) is 26.4. The summed E-state index contributed by atoms with van der Waals surface area (Å²) in [6, 6.07) is 8.83. The second kappa shape index (κ2) is 15.5. The minimum Gasteiger partial charge on any atom is -0.493 e. The summed E-state index contributed by atoms with van der Waals surface area (Å²) >= 11 is 0. The summed E-state index contributed by atoms with van der Waals surface area (Å²) in [4.78, 5) is 12.9. The summed E-state index contributed by atoms with van der Waals surface area (Å²) in [6.07, 6.45) is 10.1. The van der Waals surface area contributed by atoms with Crippen LogP contribution in [0, 0.1) is 0 Å². The second-order valence-electron chi connectivity index (χ2n) is 7.95. The average molecular weight is 524 g/mol. The van der Waals surface area contributed by atoms with Gasteiger partial charge in [0.2, 0.25) is 11.5 Å². The first-order valence-electron chi connectivity index (χ1n) is 11.9. The number of nitrogens with two attached hydrogens (primary N) is 1. The topological polar surface area (TPSA) is 111 Å². The van der Waals surface area contributed by atoms with Crippen molar-refractivity contribution < 1.29 is 37.5 Å². The van der Waals surface area contributed by atoms with E-state index in [4.69, 9.17) is 33.9 Å². The van der Waals surface area contributed by atoms with Crippen molar-refractivity contribution in [1.29, 1.82) is 0 Å². The maximum Gasteiger partial charge on any atom is 0.674 e. The van der Waals surface area contributed by atoms with E-state index in [-0.39, 0.29) is 12.4 Å². The molecule has 2 aromatic rings. The Kier molecular flexibility index (Phi) is 12.8. The van der Waals surface area contributed by atoms with E-state index < -0.39 is 8.17 Å². The molecule has 0 aliphatic carbocycles. The fraction of sp³-hybridized carbons (Fsp3) is 0.462. The number of hydrogen-bond donors (Lipinski definition) is 1. The smallest absolute Gasteiger partial charge is 0.493 e. The molecule has 0 aromatic heterocycles. The van der Waals surface area contributed by atoms with Gasteiger partial charge in [-0.05, 0) is 41.8 Å². The Morgan fingerprint density at radius 2 is 1.33 bits per heavy atom. The van der Waals surface area contributed by atoms with Crippen molar-refractivity contribution >= 4 is 20.3 Å². The number of rotatable bonds is 17. The van der Waals surface area contributed by atoms with Crippen LogP contribution in [0.5, 0.6) is 28.7 Å². The highest BCUT2D eigenvalue weighted by atomic mass is 31.2. The van der Waals surface area contributed by atoms with Gasteiger partial charge in [0, 0.05) is 0 Å². The largest absolute Gasteiger partial charge is 0.674 e. The molecule has 199 valence electrons. The van der Waals surface area contributed by atoms with Crippen LogP contribution in [-0.4, -0.2) is 35.0 Å². The summed E-state index contributed by atoms with van der Waals surface area (Å²) in [5.74, 6) is 7.41. The van der Waals surface area contributed by atoms with Crippen molar-refractivity contribution in [1.82, 2.24) is 0 Å². The Morgan fingerprint density at radius 3 is 1.92 bits per heavy atom. The second-order valence-corrected chi connectivity index (χ2v) is 9.49. The Labute approximate surface area is 214 Å². The van der Waals surface area contributed by atoms with Gasteiger partial charge < -0.3 is 18.9 Å². The van der Waals surface area contributed by atoms with E-state index in [1.807, 2.05) is 30.4 Å². The predicted molar refractivity (Wildman–Crippen MR) is 141 cm³/mol. The van der Waals surface area contributed by atoms with Crippen LogP contribution >= 0.6 is 8.17 Å². The van der Waals surface area contributed by atoms with E-state index in [1.165, 1.54) is 26.4 Å². The maximum absolute atomic E-state index is 12.9. The first-order valence-corrected chi connectivity index (χ1v) is 13.4. The molecule has 36 heavy (non-hydrogen) atoms. The van der Waals surface area contributed by atoms with Gasteiger partial charge in [-0.15, -0.1) is 4.52 Å². The van der Waals surface area contributed by atoms with Crippen molar-refractivity contribution in [2.45, 2.75) is 45.4 Å². The first kappa shape index (κ1) is 29.7. The van der Waals surface area contributed by atoms with Gasteiger partial charge in [-0.25, -0.2) is 0 Å². The third-order valence-electron chi connectivity index (χ3n) is 5.43. The molecule has 0 fully saturated rings. The van der Waals surface area contributed by atoms with Crippen molar-refractivity contribution in [2.75, 3.05) is 35.0 Å². The average Bonchev–Trinajstić information content (AvgIpc) is 2.90. The lowest BCUT2D eigenvalue weighted by Crippen LogP contribution is -2.13. The molecule has 1 atom stereocenters. The SMILES string of the molecule is CCCCCCCCO[P+]([O])(ON)Oc1cc(/C=C\c2cc(OC)c(OC)c(OC)c2)ccc1OC. The monoisotopic (exact) mass is 523 g/mol. The molecule has 0 spiro atoms. The van der Waals surface area contributed by atoms with Gasteiger partial charge >= 0.3 is 8.17 Å². The van der Waals surface area contributed by atoms with E-state index in [0.29, 0.717) is 23.0 Å². The molecule has 0 saturated carbocycles. The maximum atomic E-state index is 12.9. The van der Waals surface area contributed by atoms with Crippen LogP contribution in [0.25, 0.3) is 12.2 Å². The molecule has 1 radical (unpaired) electrons. The Hall–Kier alpha value is -2.55. The molecule has 1 unspecified atom stereocenters. The lowest BCUT2D eigenvalue weighted by molar-refractivity contribution is 0.0985. The quantitative estimate of drug-likeness (QED) is 0.106. The van der Waals surface area contributed by atoms with E-state index in [9.17, 15) is 4.89 Å². The Morgan fingerprint density at radius 1 is 0.750 bits per heavy atom. The summed E-state index contributed by atoms with van der Waals surface area (Å²) in [5.41, 5.74) is 1.57. The highest BCUT2D eigenvalue weighted by Crippen LogP contribution is 2.58. The lowest BCUT2D eigenvalue weighted by Gasteiger charge is -2.13. The highest BCUT2D eigenvalue weighted by molar-refractivity contribution is 7.55. The summed E-state index contributed by atoms with van der Waals surface area (Å²) in [7, 11) is 2.13. The molecule has 10 heteroatoms. The van der Waals surface area contributed by atoms with Gasteiger partial charge in [0.15, 0.2) is 17.2 Å². The minimum absolute atomic E-state index is 0.182. The molecule has 0 aliphatic heterocycles. The summed E-state index contributed by atoms with van der Waals surface area (Å²) in [5, 5.41) is 0. The van der Waals surface area contributed by atoms with Crippen LogP contribution in [-0.2, 0) is 14.0 Å². The third-order valence-corrected chi connectivity index (χ3v) is 6.61. The van der Waals surface area contributed by atoms with Crippen molar-refractivity contribution in [2.24, 2.45) is 5.90 Å². The number of ether oxygens (including phenoxy) is 4. The third kappa shape index (κ3) is 8.84. The number of methoxy groups -OCH3 is 4. The van der Waals surface area contributed by atoms with Gasteiger partial charge in [-0.3, -0.25) is 4.52 Å². The van der Waals surface area contributed by atoms with Crippen LogP contribution in [0.3, 0.4) is 0 Å². The van der Waals surface area contributed by atoms with Gasteiger partial charge in [0.05, 0.1) is 33.3 Å². The fourth-order valence-electron chi connectivity index (χ4n) is 3.52. The minimum atomic E-state index is -4.02. The van der Waals surface area contributed by atoms with Crippen molar-refractivity contribution in [3.63, 3.8) is 0 Å². The molecule has 9 nitrogen and oxygen atoms in total. The number of hydrogen-bond acceptors (Lipinski definition) is 8. The van der Waals surface area contributed by atoms with E-state index >= 15 is 0 Å². The van der Waals surface area contributed by atoms with Gasteiger partial charge in [0.25, 0.3) is 0 Å². The van der Waals surface area contributed by atoms with Crippen LogP contribution in [0.15, 0.2) is 30.3 Å². The normalized spacial score (nSPS) is 12.9. The standard InChI is InChI=1S/C26H38NO8P/c1-6-7-8-9-10-11-16-33-36(28,35-27)34-23-17-20(14-15-22(23)29-2)12-13-21-18-24(30-3)26(32-5)25(19-21)31-4/h12-15,17-19H,6-11,16,27H2,1-5H3/q+1/b13-12-. The molecule has 2 rings (SSSR count). The van der Waals surface area contributed by atoms with E-state index in [2.05, 4.69) is 11.5 Å². The van der Waals surface area contributed by atoms with Gasteiger partial charge in [-0.1, -0.05) is 61.9 Å². The molecule has 0 saturated heterocycles. The fourth-order valence-corrected chi connectivity index (χ4v) is 4.41. The van der Waals surface area contributed by atoms with E-state index in [0.717, 1.165) is 30.4 Å². The highest BCUT2D eigenvalue weighted by Gasteiger charge is 2.50. The zero-order valence-corrected chi connectivity index (χ0v) is 22.7. The van der Waals surface area contributed by atoms with E-state index in [1.54, 1.807) is 33.5 Å². The number of unbranched alkanes of at least 4 members (excludes halogenated alkanes) is 5. The molecule has 0 aliphatic rings. The van der Waals surface area contributed by atoms with Gasteiger partial charge in [0.1, 0.15) is 6.61 Å². The molecule has 2 aromatic carbocycles. The van der Waals surface area contributed by atoms with Crippen molar-refractivity contribution in [3.8, 4) is 28.7 Å². The first-order chi connectivity index (χ1) is 17.4. The van der Waals surface area contributed by atoms with Crippen LogP contribution in [0.2, 0.25) is 0 Å². The molecule has 0 heterocycles. The molecule has 0 bridgehead atoms. The van der Waals surface area contributed by atoms with Crippen molar-refractivity contribution in [3.05, 3.63) is 41.5 Å². The lowest BCUT2D eigenvalue weighted by atomic mass is 10.1. The molecular weight excluding hydrogens is 485 g/mol. The zero-order valence-electron chi connectivity index (χ0n) is 21.8. The number of benzene rings is 2. The van der Waals surface area contributed by atoms with Crippen LogP contribution in [0.4, 0.5) is 0 Å².